The molecule has 7 nitrogen and oxygen atoms in total. The summed E-state index contributed by atoms with van der Waals surface area (Å²) in [7, 11) is -2.97. The van der Waals surface area contributed by atoms with Crippen molar-refractivity contribution in [3.8, 4) is 0 Å². The average molecular weight is 492 g/mol. The van der Waals surface area contributed by atoms with E-state index in [-0.39, 0.29) is 10.9 Å². The number of rotatable bonds is 5. The van der Waals surface area contributed by atoms with Crippen LogP contribution in [0.3, 0.4) is 0 Å². The Morgan fingerprint density at radius 3 is 2.60 bits per heavy atom. The van der Waals surface area contributed by atoms with Crippen LogP contribution in [0.15, 0.2) is 65.6 Å². The van der Waals surface area contributed by atoms with Crippen LogP contribution in [0.25, 0.3) is 10.8 Å². The maximum absolute atomic E-state index is 14.9. The first-order valence-corrected chi connectivity index (χ1v) is 13.6. The summed E-state index contributed by atoms with van der Waals surface area (Å²) in [6.45, 7) is 2.62. The molecule has 4 aromatic rings. The molecule has 0 amide bonds. The Morgan fingerprint density at radius 2 is 1.86 bits per heavy atom. The lowest BCUT2D eigenvalue weighted by Crippen LogP contribution is -2.38. The summed E-state index contributed by atoms with van der Waals surface area (Å²) in [5, 5.41) is 18.4. The van der Waals surface area contributed by atoms with Crippen LogP contribution in [-0.2, 0) is 11.0 Å². The van der Waals surface area contributed by atoms with Gasteiger partial charge in [0.1, 0.15) is 18.8 Å². The second kappa shape index (κ2) is 9.36. The number of benzene rings is 2. The zero-order chi connectivity index (χ0) is 24.6. The predicted molar refractivity (Wildman–Crippen MR) is 136 cm³/mol. The third-order valence-corrected chi connectivity index (χ3v) is 9.69. The topological polar surface area (TPSA) is 99.2 Å². The number of aliphatic hydroxyl groups is 1. The van der Waals surface area contributed by atoms with Gasteiger partial charge in [-0.1, -0.05) is 30.3 Å². The first kappa shape index (κ1) is 23.4. The Morgan fingerprint density at radius 1 is 1.11 bits per heavy atom. The maximum atomic E-state index is 14.9. The molecule has 1 aliphatic heterocycles. The molecule has 1 unspecified atom stereocenters. The highest BCUT2D eigenvalue weighted by Crippen LogP contribution is 2.48. The van der Waals surface area contributed by atoms with E-state index in [0.717, 1.165) is 16.5 Å². The highest BCUT2D eigenvalue weighted by molar-refractivity contribution is 7.71. The molecule has 2 aromatic heterocycles. The molecular weight excluding hydrogens is 466 g/mol. The molecule has 0 aliphatic carbocycles. The Kier molecular flexibility index (Phi) is 6.26. The van der Waals surface area contributed by atoms with Gasteiger partial charge in [-0.25, -0.2) is 14.5 Å². The van der Waals surface area contributed by atoms with Crippen LogP contribution < -0.4 is 15.8 Å². The molecule has 0 bridgehead atoms. The summed E-state index contributed by atoms with van der Waals surface area (Å²) in [4.78, 5) is 18.5. The van der Waals surface area contributed by atoms with Crippen LogP contribution in [0.2, 0.25) is 0 Å². The number of anilines is 1. The first-order valence-electron chi connectivity index (χ1n) is 11.6. The van der Waals surface area contributed by atoms with Crippen LogP contribution in [-0.4, -0.2) is 45.7 Å². The van der Waals surface area contributed by atoms with Crippen LogP contribution >= 0.6 is 7.14 Å². The number of halogens is 1. The van der Waals surface area contributed by atoms with Gasteiger partial charge in [0, 0.05) is 54.3 Å². The lowest BCUT2D eigenvalue weighted by atomic mass is 10.0. The minimum Gasteiger partial charge on any atom is -0.389 e. The third-order valence-electron chi connectivity index (χ3n) is 6.62. The molecule has 5 rings (SSSR count). The van der Waals surface area contributed by atoms with Gasteiger partial charge in [0.05, 0.1) is 17.2 Å². The average Bonchev–Trinajstić information content (AvgIpc) is 2.87. The fourth-order valence-electron chi connectivity index (χ4n) is 4.72. The third kappa shape index (κ3) is 4.51. The lowest BCUT2D eigenvalue weighted by molar-refractivity contribution is 0.199. The molecule has 35 heavy (non-hydrogen) atoms. The molecule has 180 valence electrons. The molecule has 1 aliphatic rings. The van der Waals surface area contributed by atoms with Crippen molar-refractivity contribution in [3.63, 3.8) is 0 Å². The van der Waals surface area contributed by atoms with E-state index in [2.05, 4.69) is 15.2 Å². The van der Waals surface area contributed by atoms with Gasteiger partial charge in [0.2, 0.25) is 0 Å². The van der Waals surface area contributed by atoms with Crippen molar-refractivity contribution in [1.29, 1.82) is 0 Å². The first-order chi connectivity index (χ1) is 16.9. The summed E-state index contributed by atoms with van der Waals surface area (Å²) in [5.74, 6) is 0.214. The number of aromatic nitrogens is 3. The summed E-state index contributed by atoms with van der Waals surface area (Å²) in [5.41, 5.74) is 1.92. The number of pyridine rings is 1. The summed E-state index contributed by atoms with van der Waals surface area (Å²) in [6, 6.07) is 15.6. The highest BCUT2D eigenvalue weighted by Gasteiger charge is 2.34. The van der Waals surface area contributed by atoms with Gasteiger partial charge < -0.3 is 14.6 Å². The second-order valence-electron chi connectivity index (χ2n) is 8.92. The summed E-state index contributed by atoms with van der Waals surface area (Å²) >= 11 is 0. The zero-order valence-corrected chi connectivity index (χ0v) is 20.2. The van der Waals surface area contributed by atoms with E-state index in [1.165, 1.54) is 6.07 Å². The SMILES string of the molecule is CC(O)c1cccnc1N1CCP(=O)(c2cc(Cc3n[nH]c(=O)c4ccccc34)ccc2F)CC1. The van der Waals surface area contributed by atoms with Crippen molar-refractivity contribution in [2.24, 2.45) is 0 Å². The number of hydrogen-bond donors (Lipinski definition) is 2. The zero-order valence-electron chi connectivity index (χ0n) is 19.3. The number of nitrogens with one attached hydrogen (secondary N) is 1. The van der Waals surface area contributed by atoms with E-state index < -0.39 is 19.1 Å². The number of H-pyrrole nitrogens is 1. The molecule has 0 spiro atoms. The van der Waals surface area contributed by atoms with E-state index in [9.17, 15) is 18.9 Å². The van der Waals surface area contributed by atoms with E-state index in [0.29, 0.717) is 48.7 Å². The fraction of sp³-hybridized carbons (Fsp3) is 0.269. The van der Waals surface area contributed by atoms with Gasteiger partial charge in [-0.05, 0) is 36.8 Å². The normalized spacial score (nSPS) is 16.4. The summed E-state index contributed by atoms with van der Waals surface area (Å²) < 4.78 is 28.9. The number of aliphatic hydroxyl groups excluding tert-OH is 1. The van der Waals surface area contributed by atoms with Crippen molar-refractivity contribution < 1.29 is 14.1 Å². The standard InChI is InChI=1S/C26H26FN4O3P/c1-17(32)19-7-4-10-28-25(19)31-11-13-35(34,14-12-31)24-16-18(8-9-22(24)27)15-23-20-5-2-3-6-21(20)26(33)30-29-23/h2-10,16-17,32H,11-15H2,1H3,(H,30,33). The van der Waals surface area contributed by atoms with E-state index in [1.54, 1.807) is 43.5 Å². The van der Waals surface area contributed by atoms with Crippen LogP contribution in [0.4, 0.5) is 10.2 Å². The summed E-state index contributed by atoms with van der Waals surface area (Å²) in [6.07, 6.45) is 2.03. The van der Waals surface area contributed by atoms with Crippen LogP contribution in [0.1, 0.15) is 29.8 Å². The minimum absolute atomic E-state index is 0.257. The Hall–Kier alpha value is -3.35. The van der Waals surface area contributed by atoms with Crippen molar-refractivity contribution in [2.45, 2.75) is 19.4 Å². The Bertz CT molecular complexity index is 1490. The van der Waals surface area contributed by atoms with E-state index in [1.807, 2.05) is 23.1 Å². The van der Waals surface area contributed by atoms with Gasteiger partial charge in [-0.3, -0.25) is 4.79 Å². The minimum atomic E-state index is -2.97. The maximum Gasteiger partial charge on any atom is 0.272 e. The van der Waals surface area contributed by atoms with Crippen molar-refractivity contribution >= 4 is 29.0 Å². The Balaban J connectivity index is 1.41. The van der Waals surface area contributed by atoms with Crippen molar-refractivity contribution in [2.75, 3.05) is 30.3 Å². The molecule has 9 heteroatoms. The van der Waals surface area contributed by atoms with Crippen LogP contribution in [0, 0.1) is 5.82 Å². The lowest BCUT2D eigenvalue weighted by Gasteiger charge is -2.34. The molecule has 2 N–H and O–H groups in total. The van der Waals surface area contributed by atoms with Gasteiger partial charge >= 0.3 is 0 Å². The quantitative estimate of drug-likeness (QED) is 0.413. The van der Waals surface area contributed by atoms with Crippen molar-refractivity contribution in [1.82, 2.24) is 15.2 Å². The van der Waals surface area contributed by atoms with Crippen molar-refractivity contribution in [3.05, 3.63) is 93.8 Å². The van der Waals surface area contributed by atoms with Gasteiger partial charge in [0.15, 0.2) is 0 Å². The molecule has 2 aromatic carbocycles. The molecule has 3 heterocycles. The molecule has 0 saturated carbocycles. The number of aromatic amines is 1. The molecular formula is C26H26FN4O3P. The number of nitrogens with zero attached hydrogens (tertiary/aromatic N) is 3. The van der Waals surface area contributed by atoms with Gasteiger partial charge in [-0.2, -0.15) is 5.10 Å². The smallest absolute Gasteiger partial charge is 0.272 e. The second-order valence-corrected chi connectivity index (χ2v) is 12.1. The monoisotopic (exact) mass is 492 g/mol. The largest absolute Gasteiger partial charge is 0.389 e. The molecule has 1 fully saturated rings. The van der Waals surface area contributed by atoms with Crippen LogP contribution in [0.5, 0.6) is 0 Å². The highest BCUT2D eigenvalue weighted by atomic mass is 31.2. The molecule has 1 atom stereocenters. The van der Waals surface area contributed by atoms with Gasteiger partial charge in [0.25, 0.3) is 5.56 Å². The fourth-order valence-corrected chi connectivity index (χ4v) is 7.42. The molecule has 0 radical (unpaired) electrons. The Labute approximate surface area is 202 Å². The number of fused-ring (bicyclic) bond motifs is 1. The number of hydrogen-bond acceptors (Lipinski definition) is 6. The van der Waals surface area contributed by atoms with Gasteiger partial charge in [-0.15, -0.1) is 0 Å². The van der Waals surface area contributed by atoms with E-state index >= 15 is 0 Å². The molecule has 1 saturated heterocycles. The predicted octanol–water partition coefficient (Wildman–Crippen LogP) is 3.61. The van der Waals surface area contributed by atoms with E-state index in [4.69, 9.17) is 0 Å².